The van der Waals surface area contributed by atoms with Gasteiger partial charge in [-0.1, -0.05) is 48.5 Å². The number of urea groups is 1. The smallest absolute Gasteiger partial charge is 0.277 e. The lowest BCUT2D eigenvalue weighted by molar-refractivity contribution is -0.136. The van der Waals surface area contributed by atoms with Gasteiger partial charge in [-0.15, -0.1) is 0 Å². The lowest BCUT2D eigenvalue weighted by Crippen LogP contribution is -2.57. The molecule has 2 aromatic rings. The van der Waals surface area contributed by atoms with Crippen LogP contribution >= 0.6 is 0 Å². The molecule has 0 saturated carbocycles. The highest BCUT2D eigenvalue weighted by Crippen LogP contribution is 2.30. The minimum absolute atomic E-state index is 0.105. The van der Waals surface area contributed by atoms with Crippen LogP contribution in [0.15, 0.2) is 65.6 Å². The molecule has 1 aliphatic heterocycles. The molecule has 8 heteroatoms. The van der Waals surface area contributed by atoms with Gasteiger partial charge in [-0.2, -0.15) is 0 Å². The van der Waals surface area contributed by atoms with Gasteiger partial charge in [0, 0.05) is 5.92 Å². The highest BCUT2D eigenvalue weighted by Gasteiger charge is 2.42. The topological polar surface area (TPSA) is 109 Å². The maximum atomic E-state index is 12.8. The molecule has 7 nitrogen and oxygen atoms in total. The number of carbonyl (C=O) groups is 3. The summed E-state index contributed by atoms with van der Waals surface area (Å²) in [6, 6.07) is 15.4. The molecule has 0 radical (unpaired) electrons. The van der Waals surface area contributed by atoms with Gasteiger partial charge in [0.2, 0.25) is 11.8 Å². The van der Waals surface area contributed by atoms with Crippen molar-refractivity contribution in [3.63, 3.8) is 0 Å². The van der Waals surface area contributed by atoms with E-state index in [0.717, 1.165) is 0 Å². The summed E-state index contributed by atoms with van der Waals surface area (Å²) in [4.78, 5) is 35.9. The summed E-state index contributed by atoms with van der Waals surface area (Å²) in [6.45, 7) is 0. The summed E-state index contributed by atoms with van der Waals surface area (Å²) in [5, 5.41) is 4.06. The van der Waals surface area contributed by atoms with Crippen LogP contribution in [0.3, 0.4) is 0 Å². The summed E-state index contributed by atoms with van der Waals surface area (Å²) < 4.78 is 25.6. The highest BCUT2D eigenvalue weighted by atomic mass is 32.2. The molecule has 2 N–H and O–H groups in total. The molecule has 0 aromatic heterocycles. The van der Waals surface area contributed by atoms with Crippen LogP contribution in [0.5, 0.6) is 0 Å². The van der Waals surface area contributed by atoms with Crippen molar-refractivity contribution < 1.29 is 22.8 Å². The Bertz CT molecular complexity index is 922. The van der Waals surface area contributed by atoms with Crippen LogP contribution in [0.25, 0.3) is 0 Å². The molecule has 4 amide bonds. The van der Waals surface area contributed by atoms with E-state index in [1.165, 1.54) is 12.1 Å². The molecule has 0 bridgehead atoms. The Kier molecular flexibility index (Phi) is 4.85. The van der Waals surface area contributed by atoms with Gasteiger partial charge in [0.1, 0.15) is 5.92 Å². The van der Waals surface area contributed by atoms with E-state index in [1.807, 2.05) is 10.6 Å². The highest BCUT2D eigenvalue weighted by molar-refractivity contribution is 7.91. The number of nitrogens with one attached hydrogen (secondary N) is 2. The second-order valence-corrected chi connectivity index (χ2v) is 7.93. The molecule has 26 heavy (non-hydrogen) atoms. The van der Waals surface area contributed by atoms with Gasteiger partial charge in [-0.25, -0.2) is 13.2 Å². The number of benzene rings is 2. The standard InChI is InChI=1S/C18H16N2O5S/c21-16-15(17(22)20-18(23)19-16)14(12-7-3-1-4-8-12)11-26(24,25)13-9-5-2-6-10-13/h1-10,14-15H,11H2,(H2,19,20,21,22,23). The maximum absolute atomic E-state index is 12.8. The summed E-state index contributed by atoms with van der Waals surface area (Å²) in [5.74, 6) is -4.32. The average Bonchev–Trinajstić information content (AvgIpc) is 2.61. The number of hydrogen-bond acceptors (Lipinski definition) is 5. The number of carbonyl (C=O) groups excluding carboxylic acids is 3. The van der Waals surface area contributed by atoms with Crippen molar-refractivity contribution >= 4 is 27.7 Å². The minimum Gasteiger partial charge on any atom is -0.277 e. The Balaban J connectivity index is 2.01. The van der Waals surface area contributed by atoms with E-state index in [1.54, 1.807) is 48.5 Å². The Morgan fingerprint density at radius 3 is 1.85 bits per heavy atom. The third-order valence-electron chi connectivity index (χ3n) is 4.17. The van der Waals surface area contributed by atoms with Crippen LogP contribution in [0, 0.1) is 5.92 Å². The number of sulfone groups is 1. The van der Waals surface area contributed by atoms with E-state index in [0.29, 0.717) is 5.56 Å². The molecule has 3 rings (SSSR count). The molecular formula is C18H16N2O5S. The van der Waals surface area contributed by atoms with E-state index in [9.17, 15) is 22.8 Å². The zero-order valence-electron chi connectivity index (χ0n) is 13.6. The first kappa shape index (κ1) is 17.8. The van der Waals surface area contributed by atoms with Crippen LogP contribution in [-0.4, -0.2) is 32.0 Å². The largest absolute Gasteiger partial charge is 0.328 e. The van der Waals surface area contributed by atoms with E-state index < -0.39 is 45.3 Å². The molecule has 1 heterocycles. The molecule has 0 spiro atoms. The Morgan fingerprint density at radius 1 is 0.808 bits per heavy atom. The predicted molar refractivity (Wildman–Crippen MR) is 92.8 cm³/mol. The molecule has 134 valence electrons. The number of amides is 4. The van der Waals surface area contributed by atoms with Gasteiger partial charge in [0.05, 0.1) is 10.6 Å². The van der Waals surface area contributed by atoms with Gasteiger partial charge in [-0.3, -0.25) is 20.2 Å². The van der Waals surface area contributed by atoms with Crippen molar-refractivity contribution in [1.29, 1.82) is 0 Å². The molecular weight excluding hydrogens is 356 g/mol. The van der Waals surface area contributed by atoms with Crippen molar-refractivity contribution in [3.8, 4) is 0 Å². The first-order valence-electron chi connectivity index (χ1n) is 7.87. The van der Waals surface area contributed by atoms with E-state index in [2.05, 4.69) is 0 Å². The van der Waals surface area contributed by atoms with Gasteiger partial charge >= 0.3 is 6.03 Å². The van der Waals surface area contributed by atoms with Gasteiger partial charge in [0.15, 0.2) is 9.84 Å². The lowest BCUT2D eigenvalue weighted by atomic mass is 9.85. The van der Waals surface area contributed by atoms with Crippen molar-refractivity contribution in [2.24, 2.45) is 5.92 Å². The first-order chi connectivity index (χ1) is 12.4. The average molecular weight is 372 g/mol. The zero-order valence-corrected chi connectivity index (χ0v) is 14.4. The molecule has 1 fully saturated rings. The van der Waals surface area contributed by atoms with Crippen molar-refractivity contribution in [1.82, 2.24) is 10.6 Å². The summed E-state index contributed by atoms with van der Waals surface area (Å²) in [7, 11) is -3.76. The second kappa shape index (κ2) is 7.09. The molecule has 1 aliphatic rings. The Hall–Kier alpha value is -3.00. The van der Waals surface area contributed by atoms with Crippen LogP contribution in [0.1, 0.15) is 11.5 Å². The first-order valence-corrected chi connectivity index (χ1v) is 9.52. The van der Waals surface area contributed by atoms with E-state index in [4.69, 9.17) is 0 Å². The second-order valence-electron chi connectivity index (χ2n) is 5.90. The van der Waals surface area contributed by atoms with Gasteiger partial charge in [0.25, 0.3) is 0 Å². The predicted octanol–water partition coefficient (Wildman–Crippen LogP) is 1.23. The summed E-state index contributed by atoms with van der Waals surface area (Å²) in [6.07, 6.45) is 0. The number of barbiturate groups is 1. The van der Waals surface area contributed by atoms with Crippen LogP contribution in [-0.2, 0) is 19.4 Å². The normalized spacial score (nSPS) is 16.7. The third kappa shape index (κ3) is 3.65. The van der Waals surface area contributed by atoms with E-state index >= 15 is 0 Å². The fraction of sp³-hybridized carbons (Fsp3) is 0.167. The van der Waals surface area contributed by atoms with Crippen molar-refractivity contribution in [2.75, 3.05) is 5.75 Å². The molecule has 1 atom stereocenters. The zero-order chi connectivity index (χ0) is 18.7. The molecule has 0 aliphatic carbocycles. The lowest BCUT2D eigenvalue weighted by Gasteiger charge is -2.28. The molecule has 1 saturated heterocycles. The Morgan fingerprint density at radius 2 is 1.31 bits per heavy atom. The van der Waals surface area contributed by atoms with Crippen LogP contribution in [0.2, 0.25) is 0 Å². The maximum Gasteiger partial charge on any atom is 0.328 e. The molecule has 1 unspecified atom stereocenters. The summed E-state index contributed by atoms with van der Waals surface area (Å²) in [5.41, 5.74) is 0.525. The molecule has 2 aromatic carbocycles. The van der Waals surface area contributed by atoms with Crippen LogP contribution in [0.4, 0.5) is 4.79 Å². The minimum atomic E-state index is -3.76. The SMILES string of the molecule is O=C1NC(=O)C(C(CS(=O)(=O)c2ccccc2)c2ccccc2)C(=O)N1. The number of rotatable bonds is 5. The summed E-state index contributed by atoms with van der Waals surface area (Å²) >= 11 is 0. The third-order valence-corrected chi connectivity index (χ3v) is 5.96. The van der Waals surface area contributed by atoms with Crippen molar-refractivity contribution in [2.45, 2.75) is 10.8 Å². The quantitative estimate of drug-likeness (QED) is 0.767. The fourth-order valence-electron chi connectivity index (χ4n) is 2.94. The van der Waals surface area contributed by atoms with E-state index in [-0.39, 0.29) is 4.90 Å². The monoisotopic (exact) mass is 372 g/mol. The Labute approximate surface area is 150 Å². The fourth-order valence-corrected chi connectivity index (χ4v) is 4.56. The van der Waals surface area contributed by atoms with Gasteiger partial charge < -0.3 is 0 Å². The van der Waals surface area contributed by atoms with Gasteiger partial charge in [-0.05, 0) is 17.7 Å². The van der Waals surface area contributed by atoms with Crippen LogP contribution < -0.4 is 10.6 Å². The van der Waals surface area contributed by atoms with Crippen molar-refractivity contribution in [3.05, 3.63) is 66.2 Å². The number of imide groups is 2. The number of hydrogen-bond donors (Lipinski definition) is 2.